The highest BCUT2D eigenvalue weighted by atomic mass is 79.9. The molecule has 0 atom stereocenters. The Kier molecular flexibility index (Phi) is 2.90. The van der Waals surface area contributed by atoms with Crippen LogP contribution in [0, 0.1) is 5.82 Å². The van der Waals surface area contributed by atoms with Crippen molar-refractivity contribution in [2.24, 2.45) is 0 Å². The summed E-state index contributed by atoms with van der Waals surface area (Å²) in [6.45, 7) is 0.929. The van der Waals surface area contributed by atoms with Crippen LogP contribution in [-0.2, 0) is 0 Å². The molecule has 0 aromatic heterocycles. The van der Waals surface area contributed by atoms with Crippen LogP contribution in [0.5, 0.6) is 11.5 Å². The number of ether oxygens (including phenoxy) is 2. The maximum absolute atomic E-state index is 13.5. The summed E-state index contributed by atoms with van der Waals surface area (Å²) in [5, 5.41) is 0. The fraction of sp³-hybridized carbons (Fsp3) is 0.300. The highest BCUT2D eigenvalue weighted by Gasteiger charge is 2.20. The van der Waals surface area contributed by atoms with Gasteiger partial charge in [-0.05, 0) is 15.9 Å². The number of halogens is 2. The second-order valence-electron chi connectivity index (χ2n) is 3.08. The summed E-state index contributed by atoms with van der Waals surface area (Å²) in [4.78, 5) is 10.8. The van der Waals surface area contributed by atoms with Gasteiger partial charge in [-0.25, -0.2) is 4.39 Å². The number of aldehydes is 1. The van der Waals surface area contributed by atoms with E-state index >= 15 is 0 Å². The molecular formula is C10H8BrFO3. The lowest BCUT2D eigenvalue weighted by Gasteiger charge is -2.10. The maximum Gasteiger partial charge on any atom is 0.174 e. The van der Waals surface area contributed by atoms with Gasteiger partial charge in [0.2, 0.25) is 0 Å². The fourth-order valence-electron chi connectivity index (χ4n) is 1.38. The van der Waals surface area contributed by atoms with E-state index in [0.717, 1.165) is 0 Å². The Balaban J connectivity index is 2.61. The number of carbonyl (C=O) groups excluding carboxylic acids is 1. The van der Waals surface area contributed by atoms with Crippen molar-refractivity contribution < 1.29 is 18.7 Å². The van der Waals surface area contributed by atoms with Crippen molar-refractivity contribution in [1.82, 2.24) is 0 Å². The van der Waals surface area contributed by atoms with E-state index in [1.165, 1.54) is 6.07 Å². The second-order valence-corrected chi connectivity index (χ2v) is 3.94. The van der Waals surface area contributed by atoms with Crippen molar-refractivity contribution in [3.63, 3.8) is 0 Å². The Morgan fingerprint density at radius 1 is 1.40 bits per heavy atom. The van der Waals surface area contributed by atoms with Gasteiger partial charge >= 0.3 is 0 Å². The first kappa shape index (κ1) is 10.4. The minimum atomic E-state index is -0.616. The largest absolute Gasteiger partial charge is 0.489 e. The fourth-order valence-corrected chi connectivity index (χ4v) is 1.80. The molecule has 3 nitrogen and oxygen atoms in total. The molecule has 0 radical (unpaired) electrons. The van der Waals surface area contributed by atoms with E-state index in [-0.39, 0.29) is 15.8 Å². The molecule has 0 bridgehead atoms. The SMILES string of the molecule is O=Cc1c(F)c(Br)cc2c1OCCCO2. The highest BCUT2D eigenvalue weighted by molar-refractivity contribution is 9.10. The van der Waals surface area contributed by atoms with Crippen molar-refractivity contribution in [3.05, 3.63) is 21.9 Å². The van der Waals surface area contributed by atoms with Gasteiger partial charge in [-0.3, -0.25) is 4.79 Å². The zero-order valence-electron chi connectivity index (χ0n) is 7.76. The Hall–Kier alpha value is -1.10. The van der Waals surface area contributed by atoms with Gasteiger partial charge < -0.3 is 9.47 Å². The van der Waals surface area contributed by atoms with Crippen LogP contribution < -0.4 is 9.47 Å². The van der Waals surface area contributed by atoms with E-state index in [1.807, 2.05) is 0 Å². The van der Waals surface area contributed by atoms with Gasteiger partial charge in [0.05, 0.1) is 23.2 Å². The van der Waals surface area contributed by atoms with Crippen LogP contribution >= 0.6 is 15.9 Å². The molecule has 0 unspecified atom stereocenters. The number of rotatable bonds is 1. The van der Waals surface area contributed by atoms with Crippen LogP contribution in [0.1, 0.15) is 16.8 Å². The van der Waals surface area contributed by atoms with Crippen molar-refractivity contribution >= 4 is 22.2 Å². The van der Waals surface area contributed by atoms with Gasteiger partial charge in [0.15, 0.2) is 23.6 Å². The van der Waals surface area contributed by atoms with Gasteiger partial charge in [0.1, 0.15) is 0 Å². The molecular weight excluding hydrogens is 267 g/mol. The Bertz CT molecular complexity index is 406. The Labute approximate surface area is 94.3 Å². The number of hydrogen-bond acceptors (Lipinski definition) is 3. The summed E-state index contributed by atoms with van der Waals surface area (Å²) in [6.07, 6.45) is 1.15. The summed E-state index contributed by atoms with van der Waals surface area (Å²) in [7, 11) is 0. The monoisotopic (exact) mass is 274 g/mol. The molecule has 1 aliphatic rings. The molecule has 0 saturated carbocycles. The number of benzene rings is 1. The molecule has 0 spiro atoms. The zero-order chi connectivity index (χ0) is 10.8. The zero-order valence-corrected chi connectivity index (χ0v) is 9.34. The highest BCUT2D eigenvalue weighted by Crippen LogP contribution is 2.37. The minimum absolute atomic E-state index is 0.0960. The van der Waals surface area contributed by atoms with Gasteiger partial charge in [-0.15, -0.1) is 0 Å². The van der Waals surface area contributed by atoms with E-state index < -0.39 is 5.82 Å². The number of carbonyl (C=O) groups is 1. The third-order valence-electron chi connectivity index (χ3n) is 2.08. The molecule has 1 aromatic carbocycles. The normalized spacial score (nSPS) is 14.5. The van der Waals surface area contributed by atoms with Crippen molar-refractivity contribution in [3.8, 4) is 11.5 Å². The molecule has 0 N–H and O–H groups in total. The third kappa shape index (κ3) is 1.84. The Morgan fingerprint density at radius 3 is 2.87 bits per heavy atom. The number of hydrogen-bond donors (Lipinski definition) is 0. The molecule has 1 aromatic rings. The molecule has 0 saturated heterocycles. The predicted molar refractivity (Wildman–Crippen MR) is 55.1 cm³/mol. The molecule has 80 valence electrons. The van der Waals surface area contributed by atoms with Crippen molar-refractivity contribution in [2.45, 2.75) is 6.42 Å². The van der Waals surface area contributed by atoms with E-state index in [4.69, 9.17) is 9.47 Å². The van der Waals surface area contributed by atoms with Crippen LogP contribution in [-0.4, -0.2) is 19.5 Å². The summed E-state index contributed by atoms with van der Waals surface area (Å²) >= 11 is 3.02. The molecule has 15 heavy (non-hydrogen) atoms. The van der Waals surface area contributed by atoms with E-state index in [2.05, 4.69) is 15.9 Å². The van der Waals surface area contributed by atoms with Crippen LogP contribution in [0.15, 0.2) is 10.5 Å². The lowest BCUT2D eigenvalue weighted by molar-refractivity contribution is 0.111. The summed E-state index contributed by atoms with van der Waals surface area (Å²) in [5.41, 5.74) is -0.0960. The van der Waals surface area contributed by atoms with Crippen molar-refractivity contribution in [2.75, 3.05) is 13.2 Å². The standard InChI is InChI=1S/C10H8BrFO3/c11-7-4-8-10(6(5-13)9(7)12)15-3-1-2-14-8/h4-5H,1-3H2. The third-order valence-corrected chi connectivity index (χ3v) is 2.66. The predicted octanol–water partition coefficient (Wildman–Crippen LogP) is 2.56. The molecule has 1 heterocycles. The van der Waals surface area contributed by atoms with Crippen molar-refractivity contribution in [1.29, 1.82) is 0 Å². The van der Waals surface area contributed by atoms with E-state index in [9.17, 15) is 9.18 Å². The molecule has 2 rings (SSSR count). The molecule has 1 aliphatic heterocycles. The van der Waals surface area contributed by atoms with E-state index in [1.54, 1.807) is 0 Å². The lowest BCUT2D eigenvalue weighted by Crippen LogP contribution is -2.00. The topological polar surface area (TPSA) is 35.5 Å². The van der Waals surface area contributed by atoms with Crippen LogP contribution in [0.2, 0.25) is 0 Å². The molecule has 0 amide bonds. The van der Waals surface area contributed by atoms with E-state index in [0.29, 0.717) is 31.7 Å². The smallest absolute Gasteiger partial charge is 0.174 e. The quantitative estimate of drug-likeness (QED) is 0.739. The lowest BCUT2D eigenvalue weighted by atomic mass is 10.2. The summed E-state index contributed by atoms with van der Waals surface area (Å²) in [5.74, 6) is -0.0136. The molecule has 0 fully saturated rings. The van der Waals surface area contributed by atoms with Crippen LogP contribution in [0.3, 0.4) is 0 Å². The van der Waals surface area contributed by atoms with Gasteiger partial charge in [-0.1, -0.05) is 0 Å². The summed E-state index contributed by atoms with van der Waals surface area (Å²) < 4.78 is 24.3. The minimum Gasteiger partial charge on any atom is -0.489 e. The van der Waals surface area contributed by atoms with Gasteiger partial charge in [-0.2, -0.15) is 0 Å². The first-order valence-electron chi connectivity index (χ1n) is 4.47. The second kappa shape index (κ2) is 4.18. The van der Waals surface area contributed by atoms with Crippen LogP contribution in [0.25, 0.3) is 0 Å². The maximum atomic E-state index is 13.5. The summed E-state index contributed by atoms with van der Waals surface area (Å²) in [6, 6.07) is 1.48. The Morgan fingerprint density at radius 2 is 2.13 bits per heavy atom. The van der Waals surface area contributed by atoms with Gasteiger partial charge in [0, 0.05) is 12.5 Å². The average Bonchev–Trinajstić information content (AvgIpc) is 2.45. The van der Waals surface area contributed by atoms with Crippen LogP contribution in [0.4, 0.5) is 4.39 Å². The average molecular weight is 275 g/mol. The first-order chi connectivity index (χ1) is 7.24. The van der Waals surface area contributed by atoms with Gasteiger partial charge in [0.25, 0.3) is 0 Å². The molecule has 5 heteroatoms. The number of fused-ring (bicyclic) bond motifs is 1. The first-order valence-corrected chi connectivity index (χ1v) is 5.26. The molecule has 0 aliphatic carbocycles.